The molecule has 0 spiro atoms. The van der Waals surface area contributed by atoms with Crippen LogP contribution in [-0.2, 0) is 4.84 Å². The maximum Gasteiger partial charge on any atom is 0.294 e. The normalized spacial score (nSPS) is 7.36. The van der Waals surface area contributed by atoms with Gasteiger partial charge in [0.2, 0.25) is 0 Å². The summed E-state index contributed by atoms with van der Waals surface area (Å²) in [5.74, 6) is 0. The molecule has 0 aliphatic rings. The maximum atomic E-state index is 9.29. The molecule has 0 aromatic carbocycles. The third kappa shape index (κ3) is 60.7. The standard InChI is InChI=1S/C2H6N2O3.NO3/c3-1-2-7-4(5)6;2-1(3)4/h1-3H2;/q;-1. The Labute approximate surface area is 60.6 Å². The van der Waals surface area contributed by atoms with E-state index in [2.05, 4.69) is 4.84 Å². The minimum atomic E-state index is -1.75. The van der Waals surface area contributed by atoms with Gasteiger partial charge in [0.25, 0.3) is 5.09 Å². The zero-order valence-electron chi connectivity index (χ0n) is 5.34. The summed E-state index contributed by atoms with van der Waals surface area (Å²) in [6.07, 6.45) is 0. The zero-order chi connectivity index (χ0) is 9.28. The van der Waals surface area contributed by atoms with Gasteiger partial charge in [0.05, 0.1) is 5.09 Å². The molecule has 0 rings (SSSR count). The lowest BCUT2D eigenvalue weighted by molar-refractivity contribution is -0.757. The van der Waals surface area contributed by atoms with Gasteiger partial charge < -0.3 is 25.9 Å². The van der Waals surface area contributed by atoms with Crippen molar-refractivity contribution >= 4 is 0 Å². The van der Waals surface area contributed by atoms with Crippen molar-refractivity contribution in [1.82, 2.24) is 0 Å². The van der Waals surface area contributed by atoms with Crippen LogP contribution in [0.2, 0.25) is 0 Å². The van der Waals surface area contributed by atoms with Crippen LogP contribution in [0.5, 0.6) is 0 Å². The fraction of sp³-hybridized carbons (Fsp3) is 1.00. The molecule has 9 nitrogen and oxygen atoms in total. The Kier molecular flexibility index (Phi) is 9.18. The van der Waals surface area contributed by atoms with E-state index in [1.807, 2.05) is 0 Å². The molecule has 0 aromatic heterocycles. The fourth-order valence-electron chi connectivity index (χ4n) is 0.127. The SMILES string of the molecule is NCCO[N+](=O)[O-].O=[N+]([O-])[O-]. The van der Waals surface area contributed by atoms with E-state index in [0.717, 1.165) is 0 Å². The van der Waals surface area contributed by atoms with Crippen LogP contribution in [0.25, 0.3) is 0 Å². The molecule has 0 saturated carbocycles. The summed E-state index contributed by atoms with van der Waals surface area (Å²) >= 11 is 0. The lowest BCUT2D eigenvalue weighted by atomic mass is 10.8. The van der Waals surface area contributed by atoms with Crippen molar-refractivity contribution in [2.24, 2.45) is 5.73 Å². The second-order valence-electron chi connectivity index (χ2n) is 1.07. The monoisotopic (exact) mass is 168 g/mol. The van der Waals surface area contributed by atoms with Crippen molar-refractivity contribution in [3.05, 3.63) is 25.4 Å². The van der Waals surface area contributed by atoms with Crippen LogP contribution in [0.15, 0.2) is 0 Å². The molecule has 0 amide bonds. The lowest BCUT2D eigenvalue weighted by Gasteiger charge is -1.89. The van der Waals surface area contributed by atoms with Gasteiger partial charge in [0, 0.05) is 6.54 Å². The second-order valence-corrected chi connectivity index (χ2v) is 1.07. The van der Waals surface area contributed by atoms with Crippen molar-refractivity contribution in [3.63, 3.8) is 0 Å². The van der Waals surface area contributed by atoms with Crippen molar-refractivity contribution in [2.75, 3.05) is 13.2 Å². The van der Waals surface area contributed by atoms with E-state index in [9.17, 15) is 10.1 Å². The predicted molar refractivity (Wildman–Crippen MR) is 32.4 cm³/mol. The molecule has 0 unspecified atom stereocenters. The first-order valence-electron chi connectivity index (χ1n) is 2.29. The molecule has 0 heterocycles. The van der Waals surface area contributed by atoms with Gasteiger partial charge in [-0.2, -0.15) is 0 Å². The largest absolute Gasteiger partial charge is 0.356 e. The molecular formula is C2H6N3O6-. The summed E-state index contributed by atoms with van der Waals surface area (Å²) in [5.41, 5.74) is 4.85. The van der Waals surface area contributed by atoms with E-state index in [-0.39, 0.29) is 13.2 Å². The zero-order valence-corrected chi connectivity index (χ0v) is 5.34. The Bertz CT molecular complexity index is 121. The van der Waals surface area contributed by atoms with E-state index >= 15 is 0 Å². The van der Waals surface area contributed by atoms with Crippen molar-refractivity contribution in [3.8, 4) is 0 Å². The third-order valence-electron chi connectivity index (χ3n) is 0.315. The third-order valence-corrected chi connectivity index (χ3v) is 0.315. The van der Waals surface area contributed by atoms with Crippen molar-refractivity contribution in [1.29, 1.82) is 0 Å². The van der Waals surface area contributed by atoms with E-state index in [1.165, 1.54) is 0 Å². The first kappa shape index (κ1) is 12.1. The fourth-order valence-corrected chi connectivity index (χ4v) is 0.127. The Balaban J connectivity index is 0. The highest BCUT2D eigenvalue weighted by Gasteiger charge is 1.87. The van der Waals surface area contributed by atoms with Gasteiger partial charge >= 0.3 is 0 Å². The average Bonchev–Trinajstić information content (AvgIpc) is 1.82. The highest BCUT2D eigenvalue weighted by atomic mass is 16.9. The topological polar surface area (TPSA) is 145 Å². The summed E-state index contributed by atoms with van der Waals surface area (Å²) < 4.78 is 0. The van der Waals surface area contributed by atoms with E-state index in [0.29, 0.717) is 0 Å². The number of hydrogen-bond acceptors (Lipinski definition) is 7. The quantitative estimate of drug-likeness (QED) is 0.416. The van der Waals surface area contributed by atoms with E-state index in [1.54, 1.807) is 0 Å². The van der Waals surface area contributed by atoms with Crippen LogP contribution in [0.4, 0.5) is 0 Å². The number of hydrogen-bond donors (Lipinski definition) is 1. The Morgan fingerprint density at radius 1 is 1.27 bits per heavy atom. The van der Waals surface area contributed by atoms with Gasteiger partial charge in [-0.1, -0.05) is 0 Å². The summed E-state index contributed by atoms with van der Waals surface area (Å²) in [4.78, 5) is 21.3. The molecule has 9 heteroatoms. The Morgan fingerprint density at radius 3 is 1.73 bits per heavy atom. The highest BCUT2D eigenvalue weighted by molar-refractivity contribution is 4.20. The van der Waals surface area contributed by atoms with Crippen LogP contribution in [0.1, 0.15) is 0 Å². The number of nitrogens with two attached hydrogens (primary N) is 1. The summed E-state index contributed by atoms with van der Waals surface area (Å²) in [6.45, 7) is 0.161. The minimum absolute atomic E-state index is 0.0208. The van der Waals surface area contributed by atoms with Gasteiger partial charge in [0.15, 0.2) is 0 Å². The molecule has 11 heavy (non-hydrogen) atoms. The Hall–Kier alpha value is -1.64. The predicted octanol–water partition coefficient (Wildman–Crippen LogP) is -1.09. The summed E-state index contributed by atoms with van der Waals surface area (Å²) in [5, 5.41) is 23.2. The molecule has 0 radical (unpaired) electrons. The smallest absolute Gasteiger partial charge is 0.294 e. The Morgan fingerprint density at radius 2 is 1.64 bits per heavy atom. The van der Waals surface area contributed by atoms with E-state index in [4.69, 9.17) is 21.1 Å². The first-order chi connectivity index (χ1) is 5.00. The van der Waals surface area contributed by atoms with Gasteiger partial charge in [-0.25, -0.2) is 0 Å². The molecule has 0 saturated heterocycles. The average molecular weight is 168 g/mol. The molecule has 0 aliphatic heterocycles. The van der Waals surface area contributed by atoms with Crippen LogP contribution in [0.3, 0.4) is 0 Å². The van der Waals surface area contributed by atoms with Crippen LogP contribution in [-0.4, -0.2) is 23.3 Å². The first-order valence-corrected chi connectivity index (χ1v) is 2.29. The van der Waals surface area contributed by atoms with Crippen molar-refractivity contribution < 1.29 is 15.0 Å². The molecule has 0 bridgehead atoms. The van der Waals surface area contributed by atoms with Gasteiger partial charge in [-0.3, -0.25) is 0 Å². The molecule has 0 fully saturated rings. The molecule has 66 valence electrons. The molecule has 0 aliphatic carbocycles. The van der Waals surface area contributed by atoms with Gasteiger partial charge in [-0.15, -0.1) is 10.1 Å². The van der Waals surface area contributed by atoms with Crippen LogP contribution in [0, 0.1) is 25.4 Å². The summed E-state index contributed by atoms with van der Waals surface area (Å²) in [7, 11) is 0. The maximum absolute atomic E-state index is 9.29. The van der Waals surface area contributed by atoms with E-state index < -0.39 is 10.2 Å². The van der Waals surface area contributed by atoms with Crippen LogP contribution >= 0.6 is 0 Å². The van der Waals surface area contributed by atoms with Gasteiger partial charge in [-0.05, 0) is 0 Å². The molecule has 0 atom stereocenters. The van der Waals surface area contributed by atoms with Crippen LogP contribution < -0.4 is 5.73 Å². The lowest BCUT2D eigenvalue weighted by Crippen LogP contribution is -2.11. The summed E-state index contributed by atoms with van der Waals surface area (Å²) in [6, 6.07) is 0. The number of nitrogens with zero attached hydrogens (tertiary/aromatic N) is 2. The van der Waals surface area contributed by atoms with Crippen molar-refractivity contribution in [2.45, 2.75) is 0 Å². The second kappa shape index (κ2) is 8.36. The van der Waals surface area contributed by atoms with Gasteiger partial charge in [0.1, 0.15) is 6.61 Å². The highest BCUT2D eigenvalue weighted by Crippen LogP contribution is 1.67. The molecule has 2 N–H and O–H groups in total. The molecular weight excluding hydrogens is 162 g/mol. The number of rotatable bonds is 3. The molecule has 0 aromatic rings. The minimum Gasteiger partial charge on any atom is -0.356 e.